The summed E-state index contributed by atoms with van der Waals surface area (Å²) >= 11 is 0. The van der Waals surface area contributed by atoms with Gasteiger partial charge in [-0.3, -0.25) is 0 Å². The third kappa shape index (κ3) is 4.81. The summed E-state index contributed by atoms with van der Waals surface area (Å²) < 4.78 is 37.3. The zero-order valence-corrected chi connectivity index (χ0v) is 14.1. The maximum atomic E-state index is 12.7. The average Bonchev–Trinajstić information content (AvgIpc) is 2.94. The van der Waals surface area contributed by atoms with Crippen molar-refractivity contribution in [2.45, 2.75) is 44.9 Å². The number of hydrogen-bond acceptors (Lipinski definition) is 5. The van der Waals surface area contributed by atoms with Gasteiger partial charge in [0.15, 0.2) is 0 Å². The number of nitrogens with one attached hydrogen (secondary N) is 1. The number of ether oxygens (including phenoxy) is 1. The first kappa shape index (κ1) is 18.2. The topological polar surface area (TPSA) is 71.8 Å². The molecule has 1 heterocycles. The summed E-state index contributed by atoms with van der Waals surface area (Å²) in [4.78, 5) is 0. The molecule has 0 saturated carbocycles. The van der Waals surface area contributed by atoms with Gasteiger partial charge in [-0.25, -0.2) is 8.42 Å². The molecule has 0 amide bonds. The lowest BCUT2D eigenvalue weighted by Crippen LogP contribution is -2.40. The van der Waals surface area contributed by atoms with E-state index in [1.807, 2.05) is 20.8 Å². The Morgan fingerprint density at radius 2 is 2.10 bits per heavy atom. The fraction of sp³-hybridized carbons (Fsp3) is 0.714. The van der Waals surface area contributed by atoms with Crippen molar-refractivity contribution in [3.05, 3.63) is 17.9 Å². The van der Waals surface area contributed by atoms with Crippen LogP contribution in [0.1, 0.15) is 33.0 Å². The number of furan rings is 1. The van der Waals surface area contributed by atoms with Crippen LogP contribution in [-0.4, -0.2) is 45.6 Å². The minimum absolute atomic E-state index is 0.00759. The Morgan fingerprint density at radius 3 is 2.67 bits per heavy atom. The highest BCUT2D eigenvalue weighted by Crippen LogP contribution is 2.21. The maximum Gasteiger partial charge on any atom is 0.276 e. The molecule has 0 aliphatic carbocycles. The van der Waals surface area contributed by atoms with Gasteiger partial charge in [0.1, 0.15) is 5.76 Å². The second-order valence-electron chi connectivity index (χ2n) is 4.87. The second-order valence-corrected chi connectivity index (χ2v) is 6.69. The van der Waals surface area contributed by atoms with E-state index in [1.165, 1.54) is 10.4 Å². The Bertz CT molecular complexity index is 513. The number of sulfonamides is 1. The number of rotatable bonds is 10. The van der Waals surface area contributed by atoms with Crippen molar-refractivity contribution in [2.24, 2.45) is 0 Å². The van der Waals surface area contributed by atoms with E-state index in [0.29, 0.717) is 25.5 Å². The molecule has 1 aromatic rings. The minimum atomic E-state index is -3.63. The van der Waals surface area contributed by atoms with Gasteiger partial charge in [0.05, 0.1) is 13.2 Å². The van der Waals surface area contributed by atoms with Gasteiger partial charge in [0.2, 0.25) is 5.09 Å². The van der Waals surface area contributed by atoms with E-state index in [2.05, 4.69) is 5.32 Å². The molecular weight excluding hydrogens is 292 g/mol. The lowest BCUT2D eigenvalue weighted by atomic mass is 10.3. The zero-order chi connectivity index (χ0) is 15.9. The third-order valence-corrected chi connectivity index (χ3v) is 5.24. The lowest BCUT2D eigenvalue weighted by molar-refractivity contribution is 0.166. The van der Waals surface area contributed by atoms with Crippen LogP contribution in [-0.2, 0) is 21.3 Å². The predicted octanol–water partition coefficient (Wildman–Crippen LogP) is 1.82. The van der Waals surface area contributed by atoms with Crippen LogP contribution in [0.15, 0.2) is 21.6 Å². The third-order valence-electron chi connectivity index (χ3n) is 3.35. The normalized spacial score (nSPS) is 13.8. The number of nitrogens with zero attached hydrogens (tertiary/aromatic N) is 1. The van der Waals surface area contributed by atoms with Crippen LogP contribution in [0, 0.1) is 0 Å². The van der Waals surface area contributed by atoms with E-state index in [0.717, 1.165) is 13.0 Å². The molecule has 0 aromatic carbocycles. The summed E-state index contributed by atoms with van der Waals surface area (Å²) in [5.74, 6) is 0.617. The van der Waals surface area contributed by atoms with E-state index in [4.69, 9.17) is 9.15 Å². The summed E-state index contributed by atoms with van der Waals surface area (Å²) in [7, 11) is -2.07. The molecule has 6 nitrogen and oxygen atoms in total. The van der Waals surface area contributed by atoms with Crippen molar-refractivity contribution in [1.82, 2.24) is 9.62 Å². The fourth-order valence-corrected chi connectivity index (χ4v) is 3.54. The molecule has 0 spiro atoms. The fourth-order valence-electron chi connectivity index (χ4n) is 1.92. The largest absolute Gasteiger partial charge is 0.447 e. The molecule has 122 valence electrons. The van der Waals surface area contributed by atoms with Gasteiger partial charge in [-0.2, -0.15) is 4.31 Å². The Balaban J connectivity index is 2.96. The number of hydrogen-bond donors (Lipinski definition) is 1. The molecule has 1 unspecified atom stereocenters. The molecule has 0 fully saturated rings. The molecule has 1 aromatic heterocycles. The lowest BCUT2D eigenvalue weighted by Gasteiger charge is -2.26. The Morgan fingerprint density at radius 1 is 1.38 bits per heavy atom. The highest BCUT2D eigenvalue weighted by atomic mass is 32.2. The monoisotopic (exact) mass is 318 g/mol. The van der Waals surface area contributed by atoms with Crippen molar-refractivity contribution >= 4 is 10.0 Å². The Labute approximate surface area is 127 Å². The first-order valence-electron chi connectivity index (χ1n) is 7.27. The standard InChI is InChI=1S/C14H26N2O4S/c1-5-12(3)16(9-10-19-4)21(17,18)14-8-7-13(20-14)11-15-6-2/h7-8,12,15H,5-6,9-11H2,1-4H3. The summed E-state index contributed by atoms with van der Waals surface area (Å²) in [6.07, 6.45) is 0.730. The zero-order valence-electron chi connectivity index (χ0n) is 13.3. The predicted molar refractivity (Wildman–Crippen MR) is 81.6 cm³/mol. The molecule has 7 heteroatoms. The van der Waals surface area contributed by atoms with E-state index in [-0.39, 0.29) is 11.1 Å². The van der Waals surface area contributed by atoms with E-state index in [9.17, 15) is 8.42 Å². The van der Waals surface area contributed by atoms with E-state index < -0.39 is 10.0 Å². The summed E-state index contributed by atoms with van der Waals surface area (Å²) in [5, 5.41) is 3.10. The van der Waals surface area contributed by atoms with Crippen LogP contribution in [0.5, 0.6) is 0 Å². The Kier molecular flexibility index (Phi) is 7.37. The van der Waals surface area contributed by atoms with Crippen LogP contribution < -0.4 is 5.32 Å². The van der Waals surface area contributed by atoms with Crippen molar-refractivity contribution in [1.29, 1.82) is 0 Å². The average molecular weight is 318 g/mol. The summed E-state index contributed by atoms with van der Waals surface area (Å²) in [6, 6.07) is 3.11. The van der Waals surface area contributed by atoms with Crippen LogP contribution in [0.4, 0.5) is 0 Å². The Hall–Kier alpha value is -0.890. The van der Waals surface area contributed by atoms with E-state index in [1.54, 1.807) is 13.2 Å². The quantitative estimate of drug-likeness (QED) is 0.712. The van der Waals surface area contributed by atoms with Crippen LogP contribution in [0.2, 0.25) is 0 Å². The second kappa shape index (κ2) is 8.53. The molecular formula is C14H26N2O4S. The minimum Gasteiger partial charge on any atom is -0.447 e. The van der Waals surface area contributed by atoms with Crippen LogP contribution >= 0.6 is 0 Å². The van der Waals surface area contributed by atoms with Gasteiger partial charge in [0.25, 0.3) is 10.0 Å². The SMILES string of the molecule is CCNCc1ccc(S(=O)(=O)N(CCOC)C(C)CC)o1. The van der Waals surface area contributed by atoms with Gasteiger partial charge in [-0.15, -0.1) is 0 Å². The van der Waals surface area contributed by atoms with Crippen molar-refractivity contribution in [2.75, 3.05) is 26.8 Å². The van der Waals surface area contributed by atoms with Crippen molar-refractivity contribution < 1.29 is 17.6 Å². The molecule has 0 bridgehead atoms. The highest BCUT2D eigenvalue weighted by Gasteiger charge is 2.30. The van der Waals surface area contributed by atoms with Gasteiger partial charge < -0.3 is 14.5 Å². The summed E-state index contributed by atoms with van der Waals surface area (Å²) in [5.41, 5.74) is 0. The number of methoxy groups -OCH3 is 1. The van der Waals surface area contributed by atoms with Gasteiger partial charge in [-0.05, 0) is 32.0 Å². The molecule has 1 N–H and O–H groups in total. The first-order chi connectivity index (χ1) is 9.97. The van der Waals surface area contributed by atoms with Gasteiger partial charge in [-0.1, -0.05) is 13.8 Å². The first-order valence-corrected chi connectivity index (χ1v) is 8.71. The molecule has 1 atom stereocenters. The molecule has 0 radical (unpaired) electrons. The smallest absolute Gasteiger partial charge is 0.276 e. The molecule has 21 heavy (non-hydrogen) atoms. The molecule has 0 aliphatic rings. The van der Waals surface area contributed by atoms with Crippen LogP contribution in [0.25, 0.3) is 0 Å². The summed E-state index contributed by atoms with van der Waals surface area (Å²) in [6.45, 7) is 7.82. The maximum absolute atomic E-state index is 12.7. The molecule has 0 aliphatic heterocycles. The van der Waals surface area contributed by atoms with Gasteiger partial charge >= 0.3 is 0 Å². The van der Waals surface area contributed by atoms with Crippen LogP contribution in [0.3, 0.4) is 0 Å². The molecule has 1 rings (SSSR count). The molecule has 0 saturated heterocycles. The van der Waals surface area contributed by atoms with E-state index >= 15 is 0 Å². The van der Waals surface area contributed by atoms with Crippen molar-refractivity contribution in [3.63, 3.8) is 0 Å². The highest BCUT2D eigenvalue weighted by molar-refractivity contribution is 7.89. The van der Waals surface area contributed by atoms with Gasteiger partial charge in [0, 0.05) is 19.7 Å². The van der Waals surface area contributed by atoms with Crippen molar-refractivity contribution in [3.8, 4) is 0 Å².